The first-order chi connectivity index (χ1) is 10.3. The highest BCUT2D eigenvalue weighted by Gasteiger charge is 2.38. The molecule has 0 saturated carbocycles. The van der Waals surface area contributed by atoms with Gasteiger partial charge in [-0.2, -0.15) is 26.3 Å². The molecule has 0 atom stereocenters. The van der Waals surface area contributed by atoms with Gasteiger partial charge in [-0.3, -0.25) is 0 Å². The Bertz CT molecular complexity index is 572. The average molecular weight is 346 g/mol. The maximum Gasteiger partial charge on any atom is 0.490 e. The Labute approximate surface area is 125 Å². The van der Waals surface area contributed by atoms with Gasteiger partial charge in [0.2, 0.25) is 5.76 Å². The van der Waals surface area contributed by atoms with Crippen LogP contribution in [0.25, 0.3) is 6.08 Å². The molecule has 5 nitrogen and oxygen atoms in total. The third-order valence-corrected chi connectivity index (χ3v) is 2.76. The number of halogens is 6. The Hall–Kier alpha value is -2.04. The predicted molar refractivity (Wildman–Crippen MR) is 65.2 cm³/mol. The zero-order valence-corrected chi connectivity index (χ0v) is 11.6. The second-order valence-electron chi connectivity index (χ2n) is 5.01. The van der Waals surface area contributed by atoms with Crippen LogP contribution in [0.4, 0.5) is 26.3 Å². The smallest absolute Gasteiger partial charge is 0.475 e. The lowest BCUT2D eigenvalue weighted by atomic mass is 9.84. The van der Waals surface area contributed by atoms with Gasteiger partial charge >= 0.3 is 18.3 Å². The van der Waals surface area contributed by atoms with E-state index in [1.165, 1.54) is 0 Å². The van der Waals surface area contributed by atoms with Gasteiger partial charge in [-0.15, -0.1) is 0 Å². The quantitative estimate of drug-likeness (QED) is 0.806. The molecule has 1 saturated heterocycles. The molecular formula is C12H12F6N2O3. The van der Waals surface area contributed by atoms with Crippen molar-refractivity contribution in [3.05, 3.63) is 23.6 Å². The fraction of sp³-hybridized carbons (Fsp3) is 0.500. The van der Waals surface area contributed by atoms with Crippen LogP contribution in [-0.4, -0.2) is 35.5 Å². The fourth-order valence-electron chi connectivity index (χ4n) is 1.42. The van der Waals surface area contributed by atoms with Crippen molar-refractivity contribution in [2.45, 2.75) is 19.3 Å². The third-order valence-electron chi connectivity index (χ3n) is 2.76. The lowest BCUT2D eigenvalue weighted by molar-refractivity contribution is -0.192. The summed E-state index contributed by atoms with van der Waals surface area (Å²) in [6, 6.07) is 0.895. The lowest BCUT2D eigenvalue weighted by Crippen LogP contribution is -2.49. The first kappa shape index (κ1) is 19.0. The van der Waals surface area contributed by atoms with Crippen molar-refractivity contribution in [1.29, 1.82) is 0 Å². The van der Waals surface area contributed by atoms with Crippen molar-refractivity contribution in [3.63, 3.8) is 0 Å². The van der Waals surface area contributed by atoms with Crippen molar-refractivity contribution >= 4 is 12.0 Å². The average Bonchev–Trinajstić information content (AvgIpc) is 2.82. The molecule has 0 spiro atoms. The third kappa shape index (κ3) is 5.93. The van der Waals surface area contributed by atoms with Crippen molar-refractivity contribution in [1.82, 2.24) is 10.5 Å². The van der Waals surface area contributed by atoms with Crippen LogP contribution in [0.2, 0.25) is 0 Å². The molecule has 2 rings (SSSR count). The van der Waals surface area contributed by atoms with Crippen LogP contribution in [0.1, 0.15) is 18.4 Å². The molecule has 1 aliphatic heterocycles. The molecule has 0 amide bonds. The minimum Gasteiger partial charge on any atom is -0.475 e. The predicted octanol–water partition coefficient (Wildman–Crippen LogP) is 2.95. The monoisotopic (exact) mass is 346 g/mol. The number of carbonyl (C=O) groups is 1. The maximum absolute atomic E-state index is 12.2. The number of carboxylic acids is 1. The van der Waals surface area contributed by atoms with Crippen molar-refractivity contribution in [3.8, 4) is 0 Å². The Balaban J connectivity index is 0.000000322. The summed E-state index contributed by atoms with van der Waals surface area (Å²) in [5, 5.41) is 13.6. The zero-order chi connectivity index (χ0) is 17.9. The van der Waals surface area contributed by atoms with Gasteiger partial charge in [0.25, 0.3) is 0 Å². The Kier molecular flexibility index (Phi) is 5.46. The van der Waals surface area contributed by atoms with Crippen LogP contribution in [0.3, 0.4) is 0 Å². The minimum atomic E-state index is -5.08. The van der Waals surface area contributed by atoms with Gasteiger partial charge in [0, 0.05) is 24.6 Å². The number of hydrogen-bond donors (Lipinski definition) is 2. The molecule has 0 unspecified atom stereocenters. The summed E-state index contributed by atoms with van der Waals surface area (Å²) < 4.78 is 72.5. The van der Waals surface area contributed by atoms with Crippen LogP contribution in [0, 0.1) is 5.41 Å². The molecule has 1 aromatic heterocycles. The van der Waals surface area contributed by atoms with Gasteiger partial charge in [0.1, 0.15) is 5.69 Å². The van der Waals surface area contributed by atoms with Gasteiger partial charge in [-0.1, -0.05) is 18.2 Å². The topological polar surface area (TPSA) is 75.4 Å². The summed E-state index contributed by atoms with van der Waals surface area (Å²) in [4.78, 5) is 8.90. The molecule has 1 aromatic rings. The highest BCUT2D eigenvalue weighted by atomic mass is 19.4. The van der Waals surface area contributed by atoms with Crippen molar-refractivity contribution in [2.24, 2.45) is 5.41 Å². The largest absolute Gasteiger partial charge is 0.490 e. The summed E-state index contributed by atoms with van der Waals surface area (Å²) in [6.07, 6.45) is -6.15. The highest BCUT2D eigenvalue weighted by Crippen LogP contribution is 2.30. The van der Waals surface area contributed by atoms with E-state index in [0.717, 1.165) is 19.2 Å². The molecule has 0 aromatic carbocycles. The molecule has 23 heavy (non-hydrogen) atoms. The van der Waals surface area contributed by atoms with E-state index in [1.54, 1.807) is 6.08 Å². The fourth-order valence-corrected chi connectivity index (χ4v) is 1.42. The molecule has 130 valence electrons. The molecular weight excluding hydrogens is 334 g/mol. The molecule has 0 bridgehead atoms. The number of nitrogens with one attached hydrogen (secondary N) is 1. The van der Waals surface area contributed by atoms with E-state index >= 15 is 0 Å². The molecule has 2 N–H and O–H groups in total. The second-order valence-corrected chi connectivity index (χ2v) is 5.01. The van der Waals surface area contributed by atoms with E-state index in [2.05, 4.69) is 15.0 Å². The number of alkyl halides is 6. The van der Waals surface area contributed by atoms with Gasteiger partial charge in [-0.05, 0) is 6.08 Å². The van der Waals surface area contributed by atoms with Crippen molar-refractivity contribution in [2.75, 3.05) is 13.1 Å². The summed E-state index contributed by atoms with van der Waals surface area (Å²) in [7, 11) is 0. The van der Waals surface area contributed by atoms with E-state index in [0.29, 0.717) is 0 Å². The minimum absolute atomic E-state index is 0.0113. The van der Waals surface area contributed by atoms with Crippen LogP contribution < -0.4 is 5.32 Å². The second kappa shape index (κ2) is 6.60. The SMILES string of the molecule is CC1(/C=C/c2cc(C(F)(F)F)on2)CNC1.O=C(O)C(F)(F)F. The van der Waals surface area contributed by atoms with Crippen LogP contribution >= 0.6 is 0 Å². The molecule has 1 fully saturated rings. The Morgan fingerprint density at radius 1 is 1.35 bits per heavy atom. The van der Waals surface area contributed by atoms with Gasteiger partial charge in [-0.25, -0.2) is 4.79 Å². The van der Waals surface area contributed by atoms with Crippen LogP contribution in [-0.2, 0) is 11.0 Å². The normalized spacial score (nSPS) is 17.3. The molecule has 11 heteroatoms. The molecule has 0 radical (unpaired) electrons. The first-order valence-electron chi connectivity index (χ1n) is 6.07. The summed E-state index contributed by atoms with van der Waals surface area (Å²) >= 11 is 0. The van der Waals surface area contributed by atoms with E-state index in [1.807, 2.05) is 13.0 Å². The molecule has 2 heterocycles. The number of hydrogen-bond acceptors (Lipinski definition) is 4. The summed E-state index contributed by atoms with van der Waals surface area (Å²) in [6.45, 7) is 3.67. The first-order valence-corrected chi connectivity index (χ1v) is 6.07. The zero-order valence-electron chi connectivity index (χ0n) is 11.6. The number of aliphatic carboxylic acids is 1. The van der Waals surface area contributed by atoms with Crippen molar-refractivity contribution < 1.29 is 40.8 Å². The van der Waals surface area contributed by atoms with Gasteiger partial charge in [0.05, 0.1) is 0 Å². The number of rotatable bonds is 2. The van der Waals surface area contributed by atoms with E-state index in [9.17, 15) is 26.3 Å². The van der Waals surface area contributed by atoms with Gasteiger partial charge in [0.15, 0.2) is 0 Å². The van der Waals surface area contributed by atoms with E-state index < -0.39 is 24.1 Å². The van der Waals surface area contributed by atoms with Gasteiger partial charge < -0.3 is 14.9 Å². The van der Waals surface area contributed by atoms with E-state index in [4.69, 9.17) is 9.90 Å². The number of nitrogens with zero attached hydrogens (tertiary/aromatic N) is 1. The summed E-state index contributed by atoms with van der Waals surface area (Å²) in [5.74, 6) is -3.82. The van der Waals surface area contributed by atoms with Crippen LogP contribution in [0.15, 0.2) is 16.7 Å². The lowest BCUT2D eigenvalue weighted by Gasteiger charge is -2.36. The highest BCUT2D eigenvalue weighted by molar-refractivity contribution is 5.73. The molecule has 0 aliphatic carbocycles. The number of aromatic nitrogens is 1. The standard InChI is InChI=1S/C10H11F3N2O.C2HF3O2/c1-9(5-14-6-9)3-2-7-4-8(16-15-7)10(11,12)13;3-2(4,5)1(6)7/h2-4,14H,5-6H2,1H3;(H,6,7)/b3-2+;. The van der Waals surface area contributed by atoms with E-state index in [-0.39, 0.29) is 11.1 Å². The summed E-state index contributed by atoms with van der Waals surface area (Å²) in [5.41, 5.74) is 0.206. The Morgan fingerprint density at radius 3 is 2.17 bits per heavy atom. The molecule has 1 aliphatic rings. The maximum atomic E-state index is 12.2. The number of carboxylic acid groups (broad SMARTS) is 1. The Morgan fingerprint density at radius 2 is 1.87 bits per heavy atom. The van der Waals surface area contributed by atoms with Crippen LogP contribution in [0.5, 0.6) is 0 Å².